The van der Waals surface area contributed by atoms with Gasteiger partial charge >= 0.3 is 0 Å². The highest BCUT2D eigenvalue weighted by atomic mass is 79.9. The fourth-order valence-electron chi connectivity index (χ4n) is 3.19. The van der Waals surface area contributed by atoms with Crippen molar-refractivity contribution in [3.05, 3.63) is 87.4 Å². The standard InChI is InChI=1S/C27H28BrN3O3S/c1-16(2)15-34-24-12-10-19(28)14-22(24)26(33)31-27(35)30-23-8-6-5-7-21(23)25(32)29-20-11-9-17(3)18(4)13-20/h5-14,16H,15H2,1-4H3,(H,29,32)(H2,30,31,33,35). The smallest absolute Gasteiger partial charge is 0.261 e. The first kappa shape index (κ1) is 26.4. The molecule has 0 aliphatic rings. The van der Waals surface area contributed by atoms with Crippen LogP contribution in [0.3, 0.4) is 0 Å². The molecule has 2 amide bonds. The molecule has 8 heteroatoms. The van der Waals surface area contributed by atoms with Gasteiger partial charge in [-0.25, -0.2) is 0 Å². The van der Waals surface area contributed by atoms with E-state index >= 15 is 0 Å². The Morgan fingerprint density at radius 1 is 0.914 bits per heavy atom. The van der Waals surface area contributed by atoms with Crippen molar-refractivity contribution in [2.75, 3.05) is 17.2 Å². The van der Waals surface area contributed by atoms with Gasteiger partial charge in [0.05, 0.1) is 23.4 Å². The third kappa shape index (κ3) is 7.37. The van der Waals surface area contributed by atoms with Crippen molar-refractivity contribution in [3.63, 3.8) is 0 Å². The van der Waals surface area contributed by atoms with E-state index in [1.165, 1.54) is 0 Å². The summed E-state index contributed by atoms with van der Waals surface area (Å²) < 4.78 is 6.54. The van der Waals surface area contributed by atoms with E-state index in [0.717, 1.165) is 15.6 Å². The monoisotopic (exact) mass is 553 g/mol. The summed E-state index contributed by atoms with van der Waals surface area (Å²) in [6.07, 6.45) is 0. The zero-order valence-corrected chi connectivity index (χ0v) is 22.5. The van der Waals surface area contributed by atoms with E-state index in [2.05, 4.69) is 31.9 Å². The number of nitrogens with one attached hydrogen (secondary N) is 3. The van der Waals surface area contributed by atoms with Crippen LogP contribution >= 0.6 is 28.1 Å². The van der Waals surface area contributed by atoms with Gasteiger partial charge in [-0.2, -0.15) is 0 Å². The fourth-order valence-corrected chi connectivity index (χ4v) is 3.76. The van der Waals surface area contributed by atoms with Crippen LogP contribution in [-0.2, 0) is 0 Å². The number of thiocarbonyl (C=S) groups is 1. The number of hydrogen-bond acceptors (Lipinski definition) is 4. The molecule has 0 heterocycles. The quantitative estimate of drug-likeness (QED) is 0.292. The first-order valence-electron chi connectivity index (χ1n) is 11.2. The molecule has 0 fully saturated rings. The summed E-state index contributed by atoms with van der Waals surface area (Å²) in [6.45, 7) is 8.55. The second-order valence-corrected chi connectivity index (χ2v) is 9.88. The number of anilines is 2. The van der Waals surface area contributed by atoms with Crippen molar-refractivity contribution in [2.45, 2.75) is 27.7 Å². The summed E-state index contributed by atoms with van der Waals surface area (Å²) in [5.41, 5.74) is 4.16. The second-order valence-electron chi connectivity index (χ2n) is 8.55. The minimum Gasteiger partial charge on any atom is -0.492 e. The van der Waals surface area contributed by atoms with Gasteiger partial charge in [-0.15, -0.1) is 0 Å². The highest BCUT2D eigenvalue weighted by Crippen LogP contribution is 2.24. The SMILES string of the molecule is Cc1ccc(NC(=O)c2ccccc2NC(=S)NC(=O)c2cc(Br)ccc2OCC(C)C)cc1C. The van der Waals surface area contributed by atoms with Crippen LogP contribution in [0.2, 0.25) is 0 Å². The Balaban J connectivity index is 1.72. The number of carbonyl (C=O) groups is 2. The molecule has 0 spiro atoms. The van der Waals surface area contributed by atoms with Gasteiger partial charge in [-0.1, -0.05) is 48.0 Å². The molecule has 0 aliphatic heterocycles. The predicted molar refractivity (Wildman–Crippen MR) is 148 cm³/mol. The second kappa shape index (κ2) is 12.0. The Labute approximate surface area is 219 Å². The summed E-state index contributed by atoms with van der Waals surface area (Å²) in [7, 11) is 0. The molecule has 3 rings (SSSR count). The molecule has 0 bridgehead atoms. The van der Waals surface area contributed by atoms with Crippen molar-refractivity contribution in [1.82, 2.24) is 5.32 Å². The average molecular weight is 555 g/mol. The molecule has 0 radical (unpaired) electrons. The van der Waals surface area contributed by atoms with Gasteiger partial charge in [0, 0.05) is 10.2 Å². The van der Waals surface area contributed by atoms with Gasteiger partial charge in [0.25, 0.3) is 11.8 Å². The van der Waals surface area contributed by atoms with Gasteiger partial charge in [0.2, 0.25) is 0 Å². The first-order chi connectivity index (χ1) is 16.6. The maximum atomic E-state index is 13.0. The lowest BCUT2D eigenvalue weighted by Crippen LogP contribution is -2.35. The highest BCUT2D eigenvalue weighted by molar-refractivity contribution is 9.10. The molecule has 3 N–H and O–H groups in total. The summed E-state index contributed by atoms with van der Waals surface area (Å²) in [5, 5.41) is 8.63. The van der Waals surface area contributed by atoms with Crippen LogP contribution in [0.5, 0.6) is 5.75 Å². The lowest BCUT2D eigenvalue weighted by Gasteiger charge is -2.16. The van der Waals surface area contributed by atoms with Gasteiger partial charge in [-0.3, -0.25) is 14.9 Å². The van der Waals surface area contributed by atoms with Crippen molar-refractivity contribution < 1.29 is 14.3 Å². The van der Waals surface area contributed by atoms with E-state index < -0.39 is 5.91 Å². The van der Waals surface area contributed by atoms with Gasteiger partial charge < -0.3 is 15.4 Å². The minimum atomic E-state index is -0.417. The van der Waals surface area contributed by atoms with Crippen LogP contribution in [-0.4, -0.2) is 23.5 Å². The van der Waals surface area contributed by atoms with Crippen LogP contribution in [0.1, 0.15) is 45.7 Å². The number of benzene rings is 3. The lowest BCUT2D eigenvalue weighted by atomic mass is 10.1. The number of para-hydroxylation sites is 1. The zero-order chi connectivity index (χ0) is 25.5. The predicted octanol–water partition coefficient (Wildman–Crippen LogP) is 6.48. The zero-order valence-electron chi connectivity index (χ0n) is 20.1. The van der Waals surface area contributed by atoms with Crippen LogP contribution < -0.4 is 20.7 Å². The fraction of sp³-hybridized carbons (Fsp3) is 0.222. The molecule has 0 atom stereocenters. The van der Waals surface area contributed by atoms with Crippen LogP contribution in [0.15, 0.2) is 65.1 Å². The summed E-state index contributed by atoms with van der Waals surface area (Å²) in [5.74, 6) is 0.0700. The normalized spacial score (nSPS) is 10.6. The van der Waals surface area contributed by atoms with E-state index in [0.29, 0.717) is 40.8 Å². The molecular weight excluding hydrogens is 526 g/mol. The van der Waals surface area contributed by atoms with Crippen LogP contribution in [0.4, 0.5) is 11.4 Å². The van der Waals surface area contributed by atoms with Crippen LogP contribution in [0, 0.1) is 19.8 Å². The Morgan fingerprint density at radius 2 is 1.66 bits per heavy atom. The summed E-state index contributed by atoms with van der Waals surface area (Å²) in [6, 6.07) is 17.9. The Kier molecular flexibility index (Phi) is 9.01. The van der Waals surface area contributed by atoms with E-state index in [1.54, 1.807) is 36.4 Å². The minimum absolute atomic E-state index is 0.0659. The highest BCUT2D eigenvalue weighted by Gasteiger charge is 2.17. The number of rotatable bonds is 7. The maximum absolute atomic E-state index is 13.0. The van der Waals surface area contributed by atoms with Crippen molar-refractivity contribution in [1.29, 1.82) is 0 Å². The molecule has 0 unspecified atom stereocenters. The molecule has 0 aromatic heterocycles. The molecule has 0 saturated heterocycles. The van der Waals surface area contributed by atoms with E-state index in [9.17, 15) is 9.59 Å². The van der Waals surface area contributed by atoms with Gasteiger partial charge in [-0.05, 0) is 85.6 Å². The van der Waals surface area contributed by atoms with Crippen molar-refractivity contribution >= 4 is 56.4 Å². The Bertz CT molecular complexity index is 1260. The molecule has 3 aromatic rings. The molecule has 182 valence electrons. The largest absolute Gasteiger partial charge is 0.492 e. The molecule has 0 saturated carbocycles. The maximum Gasteiger partial charge on any atom is 0.261 e. The Morgan fingerprint density at radius 3 is 2.37 bits per heavy atom. The topological polar surface area (TPSA) is 79.5 Å². The van der Waals surface area contributed by atoms with Crippen LogP contribution in [0.25, 0.3) is 0 Å². The van der Waals surface area contributed by atoms with Crippen molar-refractivity contribution in [3.8, 4) is 5.75 Å². The van der Waals surface area contributed by atoms with E-state index in [-0.39, 0.29) is 11.0 Å². The summed E-state index contributed by atoms with van der Waals surface area (Å²) >= 11 is 8.77. The van der Waals surface area contributed by atoms with Gasteiger partial charge in [0.1, 0.15) is 5.75 Å². The molecule has 6 nitrogen and oxygen atoms in total. The van der Waals surface area contributed by atoms with Gasteiger partial charge in [0.15, 0.2) is 5.11 Å². The van der Waals surface area contributed by atoms with E-state index in [4.69, 9.17) is 17.0 Å². The average Bonchev–Trinajstić information content (AvgIpc) is 2.80. The van der Waals surface area contributed by atoms with E-state index in [1.807, 2.05) is 52.0 Å². The third-order valence-corrected chi connectivity index (χ3v) is 5.87. The lowest BCUT2D eigenvalue weighted by molar-refractivity contribution is 0.0971. The molecule has 0 aliphatic carbocycles. The van der Waals surface area contributed by atoms with Crippen molar-refractivity contribution in [2.24, 2.45) is 5.92 Å². The number of ether oxygens (including phenoxy) is 1. The third-order valence-electron chi connectivity index (χ3n) is 5.17. The number of aryl methyl sites for hydroxylation is 2. The molecular formula is C27H28BrN3O3S. The summed E-state index contributed by atoms with van der Waals surface area (Å²) in [4.78, 5) is 25.9. The number of carbonyl (C=O) groups excluding carboxylic acids is 2. The number of amides is 2. The Hall–Kier alpha value is -3.23. The molecule has 35 heavy (non-hydrogen) atoms. The first-order valence-corrected chi connectivity index (χ1v) is 12.4. The molecule has 3 aromatic carbocycles. The number of hydrogen-bond donors (Lipinski definition) is 3. The number of halogens is 1.